The van der Waals surface area contributed by atoms with Gasteiger partial charge in [0.1, 0.15) is 0 Å². The number of phenols is 1. The molecule has 2 heterocycles. The molecule has 0 spiro atoms. The lowest BCUT2D eigenvalue weighted by Crippen LogP contribution is -2.22. The van der Waals surface area contributed by atoms with Crippen LogP contribution in [0.5, 0.6) is 11.5 Å². The number of methoxy groups -OCH3 is 1. The lowest BCUT2D eigenvalue weighted by Gasteiger charge is -2.05. The molecule has 6 nitrogen and oxygen atoms in total. The number of hydrogen-bond acceptors (Lipinski definition) is 6. The third kappa shape index (κ3) is 3.09. The third-order valence-electron chi connectivity index (χ3n) is 4.16. The van der Waals surface area contributed by atoms with Gasteiger partial charge in [-0.15, -0.1) is 0 Å². The molecule has 0 radical (unpaired) electrons. The fraction of sp³-hybridized carbons (Fsp3) is 0.0500. The summed E-state index contributed by atoms with van der Waals surface area (Å²) in [5, 5.41) is 19.0. The molecule has 0 bridgehead atoms. The maximum absolute atomic E-state index is 12.7. The minimum atomic E-state index is -0.210. The van der Waals surface area contributed by atoms with Crippen molar-refractivity contribution in [3.8, 4) is 28.8 Å². The first kappa shape index (κ1) is 18.0. The van der Waals surface area contributed by atoms with E-state index in [4.69, 9.17) is 21.6 Å². The molecule has 0 aliphatic rings. The Hall–Kier alpha value is -3.34. The van der Waals surface area contributed by atoms with Gasteiger partial charge in [-0.05, 0) is 35.9 Å². The monoisotopic (exact) mass is 409 g/mol. The summed E-state index contributed by atoms with van der Waals surface area (Å²) < 4.78 is 7.04. The van der Waals surface area contributed by atoms with Gasteiger partial charge in [-0.1, -0.05) is 35.1 Å². The summed E-state index contributed by atoms with van der Waals surface area (Å²) in [6.07, 6.45) is 3.33. The number of thiazole rings is 1. The normalized spacial score (nSPS) is 11.7. The molecule has 0 fully saturated rings. The molecule has 4 aromatic rings. The van der Waals surface area contributed by atoms with Gasteiger partial charge in [0.2, 0.25) is 0 Å². The van der Waals surface area contributed by atoms with E-state index in [0.717, 1.165) is 5.56 Å². The van der Waals surface area contributed by atoms with E-state index in [2.05, 4.69) is 11.1 Å². The van der Waals surface area contributed by atoms with E-state index in [-0.39, 0.29) is 22.1 Å². The first-order valence-corrected chi connectivity index (χ1v) is 9.30. The molecule has 0 amide bonds. The highest BCUT2D eigenvalue weighted by Gasteiger charge is 2.12. The molecular formula is C20H12ClN3O3S. The number of hydrogen-bond donors (Lipinski definition) is 1. The number of aromatic hydroxyl groups is 1. The van der Waals surface area contributed by atoms with Crippen molar-refractivity contribution in [1.29, 1.82) is 5.26 Å². The summed E-state index contributed by atoms with van der Waals surface area (Å²) in [6, 6.07) is 12.3. The highest BCUT2D eigenvalue weighted by molar-refractivity contribution is 7.15. The number of nitriles is 1. The van der Waals surface area contributed by atoms with Gasteiger partial charge in [-0.25, -0.2) is 4.98 Å². The predicted molar refractivity (Wildman–Crippen MR) is 108 cm³/mol. The molecule has 0 saturated carbocycles. The molecule has 0 aliphatic heterocycles. The number of ether oxygens (including phenoxy) is 1. The SMILES string of the molecule is COc1cc(/C=c2\sc3nc(-c4cccc(C#N)c4)cn3c2=O)cc(Cl)c1O. The van der Waals surface area contributed by atoms with Crippen LogP contribution in [0, 0.1) is 11.3 Å². The van der Waals surface area contributed by atoms with Crippen LogP contribution in [0.2, 0.25) is 5.02 Å². The topological polar surface area (TPSA) is 87.6 Å². The summed E-state index contributed by atoms with van der Waals surface area (Å²) in [4.78, 5) is 17.8. The first-order valence-electron chi connectivity index (χ1n) is 8.11. The molecule has 1 N–H and O–H groups in total. The van der Waals surface area contributed by atoms with E-state index in [1.165, 1.54) is 22.8 Å². The Morgan fingerprint density at radius 1 is 1.36 bits per heavy atom. The number of halogens is 1. The minimum absolute atomic E-state index is 0.138. The molecule has 4 rings (SSSR count). The van der Waals surface area contributed by atoms with E-state index in [1.54, 1.807) is 42.6 Å². The first-order chi connectivity index (χ1) is 13.5. The Labute approximate surface area is 168 Å². The van der Waals surface area contributed by atoms with Gasteiger partial charge in [0.05, 0.1) is 34.0 Å². The number of fused-ring (bicyclic) bond motifs is 1. The van der Waals surface area contributed by atoms with Crippen LogP contribution >= 0.6 is 22.9 Å². The van der Waals surface area contributed by atoms with Crippen LogP contribution in [0.3, 0.4) is 0 Å². The van der Waals surface area contributed by atoms with Gasteiger partial charge >= 0.3 is 0 Å². The number of nitrogens with zero attached hydrogens (tertiary/aromatic N) is 3. The van der Waals surface area contributed by atoms with Crippen molar-refractivity contribution in [2.24, 2.45) is 0 Å². The highest BCUT2D eigenvalue weighted by Crippen LogP contribution is 2.35. The van der Waals surface area contributed by atoms with Gasteiger partial charge in [0.15, 0.2) is 16.5 Å². The predicted octanol–water partition coefficient (Wildman–Crippen LogP) is 3.21. The van der Waals surface area contributed by atoms with E-state index in [1.807, 2.05) is 6.07 Å². The second-order valence-electron chi connectivity index (χ2n) is 5.94. The van der Waals surface area contributed by atoms with Crippen molar-refractivity contribution >= 4 is 34.0 Å². The molecule has 28 heavy (non-hydrogen) atoms. The van der Waals surface area contributed by atoms with Crippen molar-refractivity contribution in [3.05, 3.63) is 73.6 Å². The third-order valence-corrected chi connectivity index (χ3v) is 5.43. The molecule has 0 unspecified atom stereocenters. The van der Waals surface area contributed by atoms with Gasteiger partial charge in [0.25, 0.3) is 5.56 Å². The summed E-state index contributed by atoms with van der Waals surface area (Å²) in [6.45, 7) is 0. The molecule has 2 aromatic carbocycles. The van der Waals surface area contributed by atoms with Gasteiger partial charge in [-0.2, -0.15) is 5.26 Å². The van der Waals surface area contributed by atoms with E-state index in [0.29, 0.717) is 26.3 Å². The van der Waals surface area contributed by atoms with Crippen molar-refractivity contribution in [3.63, 3.8) is 0 Å². The Morgan fingerprint density at radius 3 is 2.89 bits per heavy atom. The smallest absolute Gasteiger partial charge is 0.274 e. The summed E-state index contributed by atoms with van der Waals surface area (Å²) in [7, 11) is 1.43. The van der Waals surface area contributed by atoms with E-state index < -0.39 is 0 Å². The zero-order chi connectivity index (χ0) is 19.8. The number of aromatic nitrogens is 2. The Kier molecular flexibility index (Phi) is 4.51. The largest absolute Gasteiger partial charge is 0.503 e. The quantitative estimate of drug-likeness (QED) is 0.561. The average molecular weight is 410 g/mol. The number of benzene rings is 2. The fourth-order valence-corrected chi connectivity index (χ4v) is 3.98. The maximum atomic E-state index is 12.7. The molecule has 2 aromatic heterocycles. The maximum Gasteiger partial charge on any atom is 0.274 e. The molecule has 0 aliphatic carbocycles. The van der Waals surface area contributed by atoms with Crippen LogP contribution in [0.4, 0.5) is 0 Å². The van der Waals surface area contributed by atoms with Crippen LogP contribution in [-0.2, 0) is 0 Å². The van der Waals surface area contributed by atoms with Crippen LogP contribution in [0.15, 0.2) is 47.4 Å². The van der Waals surface area contributed by atoms with Gasteiger partial charge in [-0.3, -0.25) is 9.20 Å². The van der Waals surface area contributed by atoms with Crippen LogP contribution in [0.1, 0.15) is 11.1 Å². The number of imidazole rings is 1. The number of rotatable bonds is 3. The molecule has 8 heteroatoms. The zero-order valence-corrected chi connectivity index (χ0v) is 16.1. The fourth-order valence-electron chi connectivity index (χ4n) is 2.80. The zero-order valence-electron chi connectivity index (χ0n) is 14.5. The second kappa shape index (κ2) is 7.00. The van der Waals surface area contributed by atoms with Crippen molar-refractivity contribution in [1.82, 2.24) is 9.38 Å². The number of phenolic OH excluding ortho intramolecular Hbond substituents is 1. The minimum Gasteiger partial charge on any atom is -0.503 e. The Morgan fingerprint density at radius 2 is 2.18 bits per heavy atom. The summed E-state index contributed by atoms with van der Waals surface area (Å²) >= 11 is 7.25. The second-order valence-corrected chi connectivity index (χ2v) is 7.36. The van der Waals surface area contributed by atoms with Gasteiger partial charge < -0.3 is 9.84 Å². The average Bonchev–Trinajstić information content (AvgIpc) is 3.24. The Balaban J connectivity index is 1.81. The van der Waals surface area contributed by atoms with Crippen LogP contribution in [0.25, 0.3) is 22.3 Å². The van der Waals surface area contributed by atoms with E-state index in [9.17, 15) is 9.90 Å². The van der Waals surface area contributed by atoms with Crippen molar-refractivity contribution < 1.29 is 9.84 Å². The Bertz CT molecular complexity index is 1370. The molecule has 0 atom stereocenters. The lowest BCUT2D eigenvalue weighted by molar-refractivity contribution is 0.373. The van der Waals surface area contributed by atoms with Crippen LogP contribution < -0.4 is 14.8 Å². The van der Waals surface area contributed by atoms with Crippen molar-refractivity contribution in [2.45, 2.75) is 0 Å². The molecule has 0 saturated heterocycles. The standard InChI is InChI=1S/C20H12ClN3O3S/c1-27-16-7-12(6-14(21)18(16)25)8-17-19(26)24-10-15(23-20(24)28-17)13-4-2-3-11(5-13)9-22/h2-8,10,25H,1H3/b17-8-. The summed E-state index contributed by atoms with van der Waals surface area (Å²) in [5.41, 5.74) is 2.35. The molecular weight excluding hydrogens is 398 g/mol. The van der Waals surface area contributed by atoms with Gasteiger partial charge in [0, 0.05) is 11.8 Å². The van der Waals surface area contributed by atoms with Crippen molar-refractivity contribution in [2.75, 3.05) is 7.11 Å². The highest BCUT2D eigenvalue weighted by atomic mass is 35.5. The summed E-state index contributed by atoms with van der Waals surface area (Å²) in [5.74, 6) is 0.0843. The lowest BCUT2D eigenvalue weighted by atomic mass is 10.1. The molecule has 138 valence electrons. The van der Waals surface area contributed by atoms with E-state index >= 15 is 0 Å². The van der Waals surface area contributed by atoms with Crippen LogP contribution in [-0.4, -0.2) is 21.6 Å².